The maximum atomic E-state index is 12.9. The van der Waals surface area contributed by atoms with Gasteiger partial charge >= 0.3 is 0 Å². The number of carbonyl (C=O) groups excluding carboxylic acids is 2. The molecule has 0 bridgehead atoms. The van der Waals surface area contributed by atoms with Gasteiger partial charge in [0, 0.05) is 10.9 Å². The molecule has 0 unspecified atom stereocenters. The molecular formula is C22H18N2O5. The summed E-state index contributed by atoms with van der Waals surface area (Å²) in [6.07, 6.45) is 1.41. The van der Waals surface area contributed by atoms with Gasteiger partial charge in [0.2, 0.25) is 5.75 Å². The van der Waals surface area contributed by atoms with Crippen LogP contribution >= 0.6 is 0 Å². The van der Waals surface area contributed by atoms with E-state index in [4.69, 9.17) is 14.2 Å². The van der Waals surface area contributed by atoms with Gasteiger partial charge in [-0.2, -0.15) is 10.1 Å². The van der Waals surface area contributed by atoms with Gasteiger partial charge in [0.15, 0.2) is 11.5 Å². The Morgan fingerprint density at radius 1 is 0.828 bits per heavy atom. The van der Waals surface area contributed by atoms with E-state index in [1.54, 1.807) is 36.4 Å². The lowest BCUT2D eigenvalue weighted by Crippen LogP contribution is -2.36. The highest BCUT2D eigenvalue weighted by atomic mass is 16.5. The number of ether oxygens (including phenoxy) is 3. The summed E-state index contributed by atoms with van der Waals surface area (Å²) >= 11 is 0. The minimum Gasteiger partial charge on any atom is -0.493 e. The average molecular weight is 390 g/mol. The number of hydrogen-bond donors (Lipinski definition) is 0. The maximum Gasteiger partial charge on any atom is 0.282 e. The number of rotatable bonds is 5. The SMILES string of the molecule is COc1cc(C=NN2C(=O)c3cccc4cccc(c34)C2=O)cc(OC)c1OC. The van der Waals surface area contributed by atoms with Crippen LogP contribution in [0.2, 0.25) is 0 Å². The number of hydrazone groups is 1. The van der Waals surface area contributed by atoms with Crippen LogP contribution < -0.4 is 14.2 Å². The van der Waals surface area contributed by atoms with Crippen LogP contribution in [0, 0.1) is 0 Å². The van der Waals surface area contributed by atoms with Crippen molar-refractivity contribution in [2.24, 2.45) is 5.10 Å². The zero-order chi connectivity index (χ0) is 20.5. The Labute approximate surface area is 167 Å². The number of nitrogens with zero attached hydrogens (tertiary/aromatic N) is 2. The first kappa shape index (κ1) is 18.5. The van der Waals surface area contributed by atoms with Gasteiger partial charge in [0.1, 0.15) is 0 Å². The molecule has 0 radical (unpaired) electrons. The first-order chi connectivity index (χ1) is 14.1. The summed E-state index contributed by atoms with van der Waals surface area (Å²) < 4.78 is 15.9. The molecule has 3 aromatic rings. The monoisotopic (exact) mass is 390 g/mol. The van der Waals surface area contributed by atoms with E-state index < -0.39 is 11.8 Å². The summed E-state index contributed by atoms with van der Waals surface area (Å²) in [5.74, 6) is 0.392. The molecule has 0 aromatic heterocycles. The van der Waals surface area contributed by atoms with Crippen molar-refractivity contribution in [2.45, 2.75) is 0 Å². The van der Waals surface area contributed by atoms with Gasteiger partial charge in [-0.25, -0.2) is 0 Å². The molecule has 0 fully saturated rings. The lowest BCUT2D eigenvalue weighted by atomic mass is 9.95. The van der Waals surface area contributed by atoms with E-state index in [-0.39, 0.29) is 0 Å². The van der Waals surface area contributed by atoms with Crippen molar-refractivity contribution in [3.63, 3.8) is 0 Å². The Morgan fingerprint density at radius 2 is 1.38 bits per heavy atom. The van der Waals surface area contributed by atoms with Crippen LogP contribution in [0.15, 0.2) is 53.6 Å². The van der Waals surface area contributed by atoms with Crippen molar-refractivity contribution in [1.82, 2.24) is 5.01 Å². The van der Waals surface area contributed by atoms with Gasteiger partial charge in [0.25, 0.3) is 11.8 Å². The summed E-state index contributed by atoms with van der Waals surface area (Å²) in [6, 6.07) is 14.1. The summed E-state index contributed by atoms with van der Waals surface area (Å²) in [7, 11) is 4.53. The van der Waals surface area contributed by atoms with Crippen LogP contribution in [0.5, 0.6) is 17.2 Å². The molecule has 1 heterocycles. The second kappa shape index (κ2) is 7.27. The third-order valence-electron chi connectivity index (χ3n) is 4.76. The summed E-state index contributed by atoms with van der Waals surface area (Å²) in [5.41, 5.74) is 1.47. The second-order valence-corrected chi connectivity index (χ2v) is 6.33. The molecule has 0 spiro atoms. The molecule has 7 heteroatoms. The predicted molar refractivity (Wildman–Crippen MR) is 108 cm³/mol. The van der Waals surface area contributed by atoms with Crippen LogP contribution in [-0.2, 0) is 0 Å². The van der Waals surface area contributed by atoms with Gasteiger partial charge < -0.3 is 14.2 Å². The minimum absolute atomic E-state index is 0.442. The zero-order valence-corrected chi connectivity index (χ0v) is 16.1. The highest BCUT2D eigenvalue weighted by molar-refractivity contribution is 6.25. The molecule has 29 heavy (non-hydrogen) atoms. The van der Waals surface area contributed by atoms with Crippen molar-refractivity contribution < 1.29 is 23.8 Å². The molecule has 3 aromatic carbocycles. The summed E-state index contributed by atoms with van der Waals surface area (Å²) in [6.45, 7) is 0. The highest BCUT2D eigenvalue weighted by Crippen LogP contribution is 2.38. The van der Waals surface area contributed by atoms with Gasteiger partial charge in [-0.1, -0.05) is 24.3 Å². The smallest absolute Gasteiger partial charge is 0.282 e. The summed E-state index contributed by atoms with van der Waals surface area (Å²) in [5, 5.41) is 6.54. The van der Waals surface area contributed by atoms with Gasteiger partial charge in [-0.15, -0.1) is 0 Å². The molecule has 2 amide bonds. The van der Waals surface area contributed by atoms with Crippen LogP contribution in [0.4, 0.5) is 0 Å². The quantitative estimate of drug-likeness (QED) is 0.492. The van der Waals surface area contributed by atoms with Crippen LogP contribution in [0.1, 0.15) is 26.3 Å². The molecular weight excluding hydrogens is 372 g/mol. The zero-order valence-electron chi connectivity index (χ0n) is 16.1. The van der Waals surface area contributed by atoms with Crippen molar-refractivity contribution >= 4 is 28.8 Å². The number of imide groups is 1. The van der Waals surface area contributed by atoms with Crippen molar-refractivity contribution in [3.8, 4) is 17.2 Å². The average Bonchev–Trinajstić information content (AvgIpc) is 2.76. The fraction of sp³-hybridized carbons (Fsp3) is 0.136. The molecule has 7 nitrogen and oxygen atoms in total. The lowest BCUT2D eigenvalue weighted by Gasteiger charge is -2.23. The van der Waals surface area contributed by atoms with Crippen LogP contribution in [0.3, 0.4) is 0 Å². The van der Waals surface area contributed by atoms with E-state index in [0.29, 0.717) is 39.3 Å². The molecule has 0 atom stereocenters. The van der Waals surface area contributed by atoms with Gasteiger partial charge in [0.05, 0.1) is 38.7 Å². The van der Waals surface area contributed by atoms with Gasteiger partial charge in [-0.05, 0) is 29.7 Å². The maximum absolute atomic E-state index is 12.9. The lowest BCUT2D eigenvalue weighted by molar-refractivity contribution is 0.0616. The van der Waals surface area contributed by atoms with E-state index in [1.807, 2.05) is 12.1 Å². The Kier molecular flexibility index (Phi) is 4.64. The first-order valence-corrected chi connectivity index (χ1v) is 8.83. The van der Waals surface area contributed by atoms with Gasteiger partial charge in [-0.3, -0.25) is 9.59 Å². The van der Waals surface area contributed by atoms with E-state index in [9.17, 15) is 9.59 Å². The van der Waals surface area contributed by atoms with Crippen LogP contribution in [0.25, 0.3) is 10.8 Å². The Bertz CT molecular complexity index is 1090. The normalized spacial score (nSPS) is 13.3. The molecule has 0 saturated heterocycles. The standard InChI is InChI=1S/C22H18N2O5/c1-27-17-10-13(11-18(28-2)20(17)29-3)12-23-24-21(25)15-8-4-6-14-7-5-9-16(19(14)15)22(24)26/h4-12H,1-3H3. The largest absolute Gasteiger partial charge is 0.493 e. The summed E-state index contributed by atoms with van der Waals surface area (Å²) in [4.78, 5) is 25.8. The number of methoxy groups -OCH3 is 3. The fourth-order valence-corrected chi connectivity index (χ4v) is 3.42. The Morgan fingerprint density at radius 3 is 1.86 bits per heavy atom. The third kappa shape index (κ3) is 2.97. The number of benzene rings is 3. The first-order valence-electron chi connectivity index (χ1n) is 8.83. The fourth-order valence-electron chi connectivity index (χ4n) is 3.42. The van der Waals surface area contributed by atoms with Crippen molar-refractivity contribution in [3.05, 3.63) is 65.2 Å². The van der Waals surface area contributed by atoms with Crippen molar-refractivity contribution in [1.29, 1.82) is 0 Å². The molecule has 1 aliphatic rings. The number of amides is 2. The topological polar surface area (TPSA) is 77.4 Å². The molecule has 0 saturated carbocycles. The molecule has 4 rings (SSSR count). The second-order valence-electron chi connectivity index (χ2n) is 6.33. The van der Waals surface area contributed by atoms with E-state index in [0.717, 1.165) is 10.4 Å². The molecule has 146 valence electrons. The minimum atomic E-state index is -0.469. The Hall–Kier alpha value is -3.87. The number of hydrogen-bond acceptors (Lipinski definition) is 6. The van der Waals surface area contributed by atoms with E-state index >= 15 is 0 Å². The molecule has 0 N–H and O–H groups in total. The van der Waals surface area contributed by atoms with E-state index in [1.165, 1.54) is 27.5 Å². The Balaban J connectivity index is 1.75. The van der Waals surface area contributed by atoms with Crippen molar-refractivity contribution in [2.75, 3.05) is 21.3 Å². The predicted octanol–water partition coefficient (Wildman–Crippen LogP) is 3.50. The third-order valence-corrected chi connectivity index (χ3v) is 4.76. The van der Waals surface area contributed by atoms with Crippen LogP contribution in [-0.4, -0.2) is 44.4 Å². The number of carbonyl (C=O) groups is 2. The molecule has 0 aliphatic carbocycles. The highest BCUT2D eigenvalue weighted by Gasteiger charge is 2.32. The van der Waals surface area contributed by atoms with E-state index in [2.05, 4.69) is 5.10 Å². The molecule has 1 aliphatic heterocycles.